The highest BCUT2D eigenvalue weighted by Gasteiger charge is 2.06. The number of aromatic nitrogens is 3. The second-order valence-electron chi connectivity index (χ2n) is 4.11. The van der Waals surface area contributed by atoms with Crippen LogP contribution in [0.1, 0.15) is 23.9 Å². The van der Waals surface area contributed by atoms with E-state index in [1.165, 1.54) is 11.1 Å². The molecule has 4 nitrogen and oxygen atoms in total. The average molecular weight is 230 g/mol. The van der Waals surface area contributed by atoms with Crippen LogP contribution >= 0.6 is 0 Å². The highest BCUT2D eigenvalue weighted by Crippen LogP contribution is 2.14. The van der Waals surface area contributed by atoms with Crippen LogP contribution in [0.4, 0.5) is 0 Å². The van der Waals surface area contributed by atoms with Crippen LogP contribution in [0.5, 0.6) is 0 Å². The van der Waals surface area contributed by atoms with E-state index in [1.807, 2.05) is 23.9 Å². The van der Waals surface area contributed by atoms with Crippen molar-refractivity contribution in [1.82, 2.24) is 19.9 Å². The maximum absolute atomic E-state index is 4.52. The summed E-state index contributed by atoms with van der Waals surface area (Å²) < 4.78 is 2.01. The van der Waals surface area contributed by atoms with Gasteiger partial charge in [0, 0.05) is 25.1 Å². The van der Waals surface area contributed by atoms with Crippen molar-refractivity contribution in [2.75, 3.05) is 6.54 Å². The number of pyridine rings is 1. The Bertz CT molecular complexity index is 502. The Balaban J connectivity index is 2.29. The summed E-state index contributed by atoms with van der Waals surface area (Å²) in [6, 6.07) is 2.17. The van der Waals surface area contributed by atoms with Gasteiger partial charge in [-0.1, -0.05) is 6.92 Å². The first kappa shape index (κ1) is 11.8. The number of rotatable bonds is 4. The van der Waals surface area contributed by atoms with Gasteiger partial charge in [0.15, 0.2) is 0 Å². The second-order valence-corrected chi connectivity index (χ2v) is 4.11. The van der Waals surface area contributed by atoms with E-state index in [0.717, 1.165) is 24.7 Å². The zero-order chi connectivity index (χ0) is 12.3. The van der Waals surface area contributed by atoms with Crippen LogP contribution in [0.2, 0.25) is 0 Å². The minimum Gasteiger partial charge on any atom is -0.313 e. The van der Waals surface area contributed by atoms with Gasteiger partial charge in [0.1, 0.15) is 11.6 Å². The Morgan fingerprint density at radius 1 is 1.29 bits per heavy atom. The summed E-state index contributed by atoms with van der Waals surface area (Å²) in [6.07, 6.45) is 5.65. The number of nitrogens with zero attached hydrogens (tertiary/aromatic N) is 3. The van der Waals surface area contributed by atoms with E-state index in [9.17, 15) is 0 Å². The van der Waals surface area contributed by atoms with Crippen molar-refractivity contribution >= 4 is 0 Å². The van der Waals surface area contributed by atoms with Gasteiger partial charge in [0.25, 0.3) is 0 Å². The van der Waals surface area contributed by atoms with E-state index in [-0.39, 0.29) is 0 Å². The van der Waals surface area contributed by atoms with Crippen molar-refractivity contribution in [3.05, 3.63) is 41.6 Å². The molecule has 0 bridgehead atoms. The third-order valence-electron chi connectivity index (χ3n) is 2.74. The molecule has 4 heteroatoms. The fourth-order valence-corrected chi connectivity index (χ4v) is 1.85. The van der Waals surface area contributed by atoms with E-state index in [1.54, 1.807) is 6.20 Å². The smallest absolute Gasteiger partial charge is 0.140 e. The molecule has 0 aromatic carbocycles. The van der Waals surface area contributed by atoms with Crippen molar-refractivity contribution in [2.24, 2.45) is 0 Å². The molecular formula is C13H18N4. The quantitative estimate of drug-likeness (QED) is 0.873. The molecule has 2 aromatic heterocycles. The molecule has 90 valence electrons. The van der Waals surface area contributed by atoms with E-state index in [2.05, 4.69) is 35.2 Å². The first-order valence-electron chi connectivity index (χ1n) is 5.89. The lowest BCUT2D eigenvalue weighted by Gasteiger charge is -2.09. The van der Waals surface area contributed by atoms with E-state index in [4.69, 9.17) is 0 Å². The van der Waals surface area contributed by atoms with Crippen molar-refractivity contribution in [3.8, 4) is 5.82 Å². The minimum atomic E-state index is 0.869. The van der Waals surface area contributed by atoms with Gasteiger partial charge >= 0.3 is 0 Å². The zero-order valence-corrected chi connectivity index (χ0v) is 10.6. The molecule has 0 fully saturated rings. The van der Waals surface area contributed by atoms with Crippen molar-refractivity contribution in [3.63, 3.8) is 0 Å². The van der Waals surface area contributed by atoms with Crippen LogP contribution in [0.3, 0.4) is 0 Å². The first-order chi connectivity index (χ1) is 8.22. The van der Waals surface area contributed by atoms with Gasteiger partial charge in [-0.15, -0.1) is 0 Å². The molecular weight excluding hydrogens is 212 g/mol. The number of hydrogen-bond donors (Lipinski definition) is 1. The fourth-order valence-electron chi connectivity index (χ4n) is 1.85. The van der Waals surface area contributed by atoms with Crippen molar-refractivity contribution in [2.45, 2.75) is 27.3 Å². The monoisotopic (exact) mass is 230 g/mol. The number of imidazole rings is 1. The fraction of sp³-hybridized carbons (Fsp3) is 0.385. The van der Waals surface area contributed by atoms with E-state index in [0.29, 0.717) is 0 Å². The van der Waals surface area contributed by atoms with Crippen molar-refractivity contribution < 1.29 is 0 Å². The van der Waals surface area contributed by atoms with Crippen LogP contribution in [0.15, 0.2) is 24.7 Å². The standard InChI is InChI=1S/C13H18N4/c1-4-14-8-12-7-10(2)13(16-9-12)17-6-5-15-11(17)3/h5-7,9,14H,4,8H2,1-3H3. The minimum absolute atomic E-state index is 0.869. The lowest BCUT2D eigenvalue weighted by atomic mass is 10.2. The van der Waals surface area contributed by atoms with Crippen LogP contribution in [0, 0.1) is 13.8 Å². The molecule has 0 aliphatic carbocycles. The summed E-state index contributed by atoms with van der Waals surface area (Å²) in [5.41, 5.74) is 2.38. The Morgan fingerprint density at radius 2 is 2.12 bits per heavy atom. The molecule has 0 unspecified atom stereocenters. The van der Waals surface area contributed by atoms with Crippen LogP contribution in [-0.2, 0) is 6.54 Å². The molecule has 2 aromatic rings. The molecule has 1 N–H and O–H groups in total. The Morgan fingerprint density at radius 3 is 2.71 bits per heavy atom. The van der Waals surface area contributed by atoms with Crippen LogP contribution < -0.4 is 5.32 Å². The normalized spacial score (nSPS) is 10.8. The van der Waals surface area contributed by atoms with Gasteiger partial charge in [0.05, 0.1) is 0 Å². The number of nitrogens with one attached hydrogen (secondary N) is 1. The maximum atomic E-state index is 4.52. The summed E-state index contributed by atoms with van der Waals surface area (Å²) in [5, 5.41) is 3.30. The van der Waals surface area contributed by atoms with E-state index < -0.39 is 0 Å². The molecule has 0 aliphatic heterocycles. The first-order valence-corrected chi connectivity index (χ1v) is 5.89. The third-order valence-corrected chi connectivity index (χ3v) is 2.74. The lowest BCUT2D eigenvalue weighted by molar-refractivity contribution is 0.722. The Kier molecular flexibility index (Phi) is 3.54. The van der Waals surface area contributed by atoms with E-state index >= 15 is 0 Å². The van der Waals surface area contributed by atoms with Gasteiger partial charge in [-0.3, -0.25) is 4.57 Å². The van der Waals surface area contributed by atoms with Crippen LogP contribution in [-0.4, -0.2) is 21.1 Å². The molecule has 0 saturated heterocycles. The highest BCUT2D eigenvalue weighted by atomic mass is 15.1. The van der Waals surface area contributed by atoms with Gasteiger partial charge in [0.2, 0.25) is 0 Å². The van der Waals surface area contributed by atoms with Gasteiger partial charge < -0.3 is 5.32 Å². The number of hydrogen-bond acceptors (Lipinski definition) is 3. The molecule has 2 rings (SSSR count). The summed E-state index contributed by atoms with van der Waals surface area (Å²) in [5.74, 6) is 1.92. The van der Waals surface area contributed by atoms with Gasteiger partial charge in [-0.05, 0) is 37.6 Å². The SMILES string of the molecule is CCNCc1cnc(-n2ccnc2C)c(C)c1. The average Bonchev–Trinajstić information content (AvgIpc) is 2.73. The summed E-state index contributed by atoms with van der Waals surface area (Å²) >= 11 is 0. The maximum Gasteiger partial charge on any atom is 0.140 e. The van der Waals surface area contributed by atoms with Gasteiger partial charge in [-0.2, -0.15) is 0 Å². The predicted octanol–water partition coefficient (Wildman–Crippen LogP) is 1.99. The van der Waals surface area contributed by atoms with Crippen molar-refractivity contribution in [1.29, 1.82) is 0 Å². The molecule has 0 amide bonds. The number of aryl methyl sites for hydroxylation is 2. The molecule has 17 heavy (non-hydrogen) atoms. The Labute approximate surface area is 102 Å². The highest BCUT2D eigenvalue weighted by molar-refractivity contribution is 5.36. The van der Waals surface area contributed by atoms with Crippen LogP contribution in [0.25, 0.3) is 5.82 Å². The summed E-state index contributed by atoms with van der Waals surface area (Å²) in [6.45, 7) is 8.00. The third kappa shape index (κ3) is 2.53. The summed E-state index contributed by atoms with van der Waals surface area (Å²) in [4.78, 5) is 8.73. The Hall–Kier alpha value is -1.68. The summed E-state index contributed by atoms with van der Waals surface area (Å²) in [7, 11) is 0. The topological polar surface area (TPSA) is 42.7 Å². The predicted molar refractivity (Wildman–Crippen MR) is 68.2 cm³/mol. The lowest BCUT2D eigenvalue weighted by Crippen LogP contribution is -2.12. The second kappa shape index (κ2) is 5.10. The molecule has 0 aliphatic rings. The molecule has 0 spiro atoms. The zero-order valence-electron chi connectivity index (χ0n) is 10.6. The van der Waals surface area contributed by atoms with Gasteiger partial charge in [-0.25, -0.2) is 9.97 Å². The molecule has 2 heterocycles. The largest absolute Gasteiger partial charge is 0.313 e. The molecule has 0 atom stereocenters. The molecule has 0 saturated carbocycles. The molecule has 0 radical (unpaired) electrons.